The van der Waals surface area contributed by atoms with E-state index in [0.29, 0.717) is 11.1 Å². The second kappa shape index (κ2) is 8.08. The van der Waals surface area contributed by atoms with Crippen molar-refractivity contribution in [3.05, 3.63) is 35.4 Å². The fourth-order valence-electron chi connectivity index (χ4n) is 1.74. The zero-order chi connectivity index (χ0) is 15.8. The Bertz CT molecular complexity index is 570. The van der Waals surface area contributed by atoms with Crippen LogP contribution in [0, 0.1) is 17.8 Å². The van der Waals surface area contributed by atoms with Gasteiger partial charge < -0.3 is 15.8 Å². The van der Waals surface area contributed by atoms with E-state index in [4.69, 9.17) is 10.5 Å². The third-order valence-corrected chi connectivity index (χ3v) is 2.87. The van der Waals surface area contributed by atoms with Crippen LogP contribution in [0.1, 0.15) is 29.8 Å². The Balaban J connectivity index is 2.90. The highest BCUT2D eigenvalue weighted by Gasteiger charge is 2.25. The van der Waals surface area contributed by atoms with E-state index in [2.05, 4.69) is 17.2 Å². The summed E-state index contributed by atoms with van der Waals surface area (Å²) in [7, 11) is 1.30. The SMILES string of the molecule is COC(=O)C(NC(=O)c1cccc(C#CCN)c1)C(C)C. The summed E-state index contributed by atoms with van der Waals surface area (Å²) < 4.78 is 4.70. The average Bonchev–Trinajstić information content (AvgIpc) is 2.49. The molecule has 0 aliphatic rings. The molecule has 1 unspecified atom stereocenters. The van der Waals surface area contributed by atoms with Crippen LogP contribution in [0.25, 0.3) is 0 Å². The zero-order valence-corrected chi connectivity index (χ0v) is 12.5. The first kappa shape index (κ1) is 16.7. The molecule has 5 heteroatoms. The molecule has 0 fully saturated rings. The second-order valence-electron chi connectivity index (χ2n) is 4.81. The summed E-state index contributed by atoms with van der Waals surface area (Å²) in [6.07, 6.45) is 0. The van der Waals surface area contributed by atoms with Crippen molar-refractivity contribution in [3.63, 3.8) is 0 Å². The summed E-state index contributed by atoms with van der Waals surface area (Å²) in [5.74, 6) is 4.73. The molecule has 1 atom stereocenters. The van der Waals surface area contributed by atoms with Crippen molar-refractivity contribution in [2.24, 2.45) is 11.7 Å². The predicted octanol–water partition coefficient (Wildman–Crippen LogP) is 0.924. The third kappa shape index (κ3) is 4.93. The number of carbonyl (C=O) groups excluding carboxylic acids is 2. The van der Waals surface area contributed by atoms with Gasteiger partial charge >= 0.3 is 5.97 Å². The van der Waals surface area contributed by atoms with Gasteiger partial charge in [0.05, 0.1) is 13.7 Å². The van der Waals surface area contributed by atoms with Crippen molar-refractivity contribution >= 4 is 11.9 Å². The largest absolute Gasteiger partial charge is 0.467 e. The first-order chi connectivity index (χ1) is 9.99. The van der Waals surface area contributed by atoms with Gasteiger partial charge in [-0.1, -0.05) is 31.8 Å². The van der Waals surface area contributed by atoms with E-state index in [1.165, 1.54) is 7.11 Å². The lowest BCUT2D eigenvalue weighted by Gasteiger charge is -2.19. The van der Waals surface area contributed by atoms with Gasteiger partial charge in [-0.25, -0.2) is 4.79 Å². The summed E-state index contributed by atoms with van der Waals surface area (Å²) in [5, 5.41) is 2.68. The summed E-state index contributed by atoms with van der Waals surface area (Å²) in [6.45, 7) is 3.93. The van der Waals surface area contributed by atoms with Crippen molar-refractivity contribution in [2.45, 2.75) is 19.9 Å². The normalized spacial score (nSPS) is 11.3. The molecule has 0 aliphatic carbocycles. The van der Waals surface area contributed by atoms with Crippen molar-refractivity contribution in [2.75, 3.05) is 13.7 Å². The Morgan fingerprint density at radius 2 is 2.10 bits per heavy atom. The number of hydrogen-bond donors (Lipinski definition) is 2. The first-order valence-corrected chi connectivity index (χ1v) is 6.67. The summed E-state index contributed by atoms with van der Waals surface area (Å²) in [6, 6.07) is 6.17. The van der Waals surface area contributed by atoms with E-state index in [-0.39, 0.29) is 18.4 Å². The van der Waals surface area contributed by atoms with Crippen LogP contribution < -0.4 is 11.1 Å². The van der Waals surface area contributed by atoms with Crippen molar-refractivity contribution in [1.82, 2.24) is 5.32 Å². The molecule has 0 saturated heterocycles. The van der Waals surface area contributed by atoms with Gasteiger partial charge in [0.15, 0.2) is 0 Å². The summed E-state index contributed by atoms with van der Waals surface area (Å²) in [5.41, 5.74) is 6.46. The number of rotatable bonds is 4. The standard InChI is InChI=1S/C16H20N2O3/c1-11(2)14(16(20)21-3)18-15(19)13-8-4-6-12(10-13)7-5-9-17/h4,6,8,10-11,14H,9,17H2,1-3H3,(H,18,19). The van der Waals surface area contributed by atoms with E-state index < -0.39 is 12.0 Å². The molecule has 0 heterocycles. The maximum atomic E-state index is 12.2. The average molecular weight is 288 g/mol. The van der Waals surface area contributed by atoms with Crippen molar-refractivity contribution in [1.29, 1.82) is 0 Å². The van der Waals surface area contributed by atoms with Gasteiger partial charge in [0.2, 0.25) is 0 Å². The summed E-state index contributed by atoms with van der Waals surface area (Å²) >= 11 is 0. The molecular weight excluding hydrogens is 268 g/mol. The highest BCUT2D eigenvalue weighted by molar-refractivity contribution is 5.97. The smallest absolute Gasteiger partial charge is 0.328 e. The lowest BCUT2D eigenvalue weighted by molar-refractivity contribution is -0.144. The number of benzene rings is 1. The number of nitrogens with two attached hydrogens (primary N) is 1. The van der Waals surface area contributed by atoms with Gasteiger partial charge in [0.25, 0.3) is 5.91 Å². The third-order valence-electron chi connectivity index (χ3n) is 2.87. The minimum atomic E-state index is -0.679. The quantitative estimate of drug-likeness (QED) is 0.638. The number of methoxy groups -OCH3 is 1. The maximum absolute atomic E-state index is 12.2. The van der Waals surface area contributed by atoms with Gasteiger partial charge in [-0.15, -0.1) is 0 Å². The second-order valence-corrected chi connectivity index (χ2v) is 4.81. The molecule has 21 heavy (non-hydrogen) atoms. The van der Waals surface area contributed by atoms with Gasteiger partial charge in [-0.05, 0) is 24.1 Å². The van der Waals surface area contributed by atoms with Crippen LogP contribution in [0.4, 0.5) is 0 Å². The Labute approximate surface area is 124 Å². The molecule has 5 nitrogen and oxygen atoms in total. The number of nitrogens with one attached hydrogen (secondary N) is 1. The molecular formula is C16H20N2O3. The number of carbonyl (C=O) groups is 2. The lowest BCUT2D eigenvalue weighted by Crippen LogP contribution is -2.45. The van der Waals surface area contributed by atoms with E-state index >= 15 is 0 Å². The predicted molar refractivity (Wildman–Crippen MR) is 80.5 cm³/mol. The molecule has 0 spiro atoms. The zero-order valence-electron chi connectivity index (χ0n) is 12.5. The summed E-state index contributed by atoms with van der Waals surface area (Å²) in [4.78, 5) is 23.9. The van der Waals surface area contributed by atoms with E-state index in [0.717, 1.165) is 0 Å². The monoisotopic (exact) mass is 288 g/mol. The minimum Gasteiger partial charge on any atom is -0.467 e. The molecule has 0 saturated carbocycles. The van der Waals surface area contributed by atoms with Crippen LogP contribution in [0.5, 0.6) is 0 Å². The molecule has 1 aromatic carbocycles. The van der Waals surface area contributed by atoms with Crippen LogP contribution >= 0.6 is 0 Å². The highest BCUT2D eigenvalue weighted by atomic mass is 16.5. The molecule has 1 amide bonds. The minimum absolute atomic E-state index is 0.0679. The fourth-order valence-corrected chi connectivity index (χ4v) is 1.74. The first-order valence-electron chi connectivity index (χ1n) is 6.67. The van der Waals surface area contributed by atoms with Crippen molar-refractivity contribution in [3.8, 4) is 11.8 Å². The van der Waals surface area contributed by atoms with Crippen LogP contribution in [-0.2, 0) is 9.53 Å². The lowest BCUT2D eigenvalue weighted by atomic mass is 10.0. The highest BCUT2D eigenvalue weighted by Crippen LogP contribution is 2.08. The molecule has 0 radical (unpaired) electrons. The van der Waals surface area contributed by atoms with Gasteiger partial charge in [0, 0.05) is 11.1 Å². The van der Waals surface area contributed by atoms with E-state index in [1.807, 2.05) is 13.8 Å². The Hall–Kier alpha value is -2.32. The van der Waals surface area contributed by atoms with Gasteiger partial charge in [0.1, 0.15) is 6.04 Å². The topological polar surface area (TPSA) is 81.4 Å². The number of esters is 1. The molecule has 3 N–H and O–H groups in total. The number of ether oxygens (including phenoxy) is 1. The molecule has 0 aliphatic heterocycles. The number of hydrogen-bond acceptors (Lipinski definition) is 4. The maximum Gasteiger partial charge on any atom is 0.328 e. The molecule has 0 bridgehead atoms. The van der Waals surface area contributed by atoms with Gasteiger partial charge in [-0.2, -0.15) is 0 Å². The molecule has 112 valence electrons. The van der Waals surface area contributed by atoms with Crippen LogP contribution in [0.2, 0.25) is 0 Å². The van der Waals surface area contributed by atoms with E-state index in [1.54, 1.807) is 24.3 Å². The Morgan fingerprint density at radius 1 is 1.38 bits per heavy atom. The Kier molecular flexibility index (Phi) is 6.44. The van der Waals surface area contributed by atoms with Crippen LogP contribution in [0.3, 0.4) is 0 Å². The van der Waals surface area contributed by atoms with Crippen molar-refractivity contribution < 1.29 is 14.3 Å². The molecule has 1 rings (SSSR count). The van der Waals surface area contributed by atoms with Gasteiger partial charge in [-0.3, -0.25) is 4.79 Å². The van der Waals surface area contributed by atoms with Crippen LogP contribution in [0.15, 0.2) is 24.3 Å². The molecule has 0 aromatic heterocycles. The Morgan fingerprint density at radius 3 is 2.67 bits per heavy atom. The van der Waals surface area contributed by atoms with E-state index in [9.17, 15) is 9.59 Å². The number of amides is 1. The molecule has 1 aromatic rings. The fraction of sp³-hybridized carbons (Fsp3) is 0.375. The van der Waals surface area contributed by atoms with Crippen LogP contribution in [-0.4, -0.2) is 31.6 Å².